The van der Waals surface area contributed by atoms with Gasteiger partial charge in [0.2, 0.25) is 5.91 Å². The highest BCUT2D eigenvalue weighted by Gasteiger charge is 2.34. The molecule has 2 aromatic rings. The molecule has 0 aliphatic carbocycles. The van der Waals surface area contributed by atoms with Crippen molar-refractivity contribution < 1.29 is 14.4 Å². The van der Waals surface area contributed by atoms with E-state index in [2.05, 4.69) is 15.6 Å². The Balaban J connectivity index is 1.72. The molecule has 1 atom stereocenters. The second-order valence-electron chi connectivity index (χ2n) is 6.94. The third-order valence-corrected chi connectivity index (χ3v) is 6.86. The van der Waals surface area contributed by atoms with Crippen LogP contribution in [0.3, 0.4) is 0 Å². The van der Waals surface area contributed by atoms with Crippen LogP contribution in [0.25, 0.3) is 0 Å². The lowest BCUT2D eigenvalue weighted by Crippen LogP contribution is -2.31. The summed E-state index contributed by atoms with van der Waals surface area (Å²) in [5.41, 5.74) is 1.37. The van der Waals surface area contributed by atoms with Gasteiger partial charge in [0.15, 0.2) is 0 Å². The molecule has 0 spiro atoms. The van der Waals surface area contributed by atoms with Crippen molar-refractivity contribution in [2.45, 2.75) is 32.2 Å². The third kappa shape index (κ3) is 4.77. The van der Waals surface area contributed by atoms with Gasteiger partial charge in [-0.15, -0.1) is 11.3 Å². The maximum Gasteiger partial charge on any atom is 0.270 e. The van der Waals surface area contributed by atoms with Gasteiger partial charge in [0, 0.05) is 37.0 Å². The Bertz CT molecular complexity index is 979. The van der Waals surface area contributed by atoms with Crippen LogP contribution in [-0.2, 0) is 4.79 Å². The highest BCUT2D eigenvalue weighted by Crippen LogP contribution is 2.36. The van der Waals surface area contributed by atoms with E-state index in [4.69, 9.17) is 23.2 Å². The minimum absolute atomic E-state index is 0.148. The van der Waals surface area contributed by atoms with E-state index in [-0.39, 0.29) is 42.4 Å². The van der Waals surface area contributed by atoms with Crippen molar-refractivity contribution in [3.8, 4) is 0 Å². The lowest BCUT2D eigenvalue weighted by molar-refractivity contribution is -0.120. The van der Waals surface area contributed by atoms with Crippen LogP contribution in [0.4, 0.5) is 0 Å². The first-order valence-electron chi connectivity index (χ1n) is 9.53. The van der Waals surface area contributed by atoms with Gasteiger partial charge >= 0.3 is 0 Å². The fourth-order valence-corrected chi connectivity index (χ4v) is 4.69. The standard InChI is InChI=1S/C20H22Cl2N4O3S/c1-11-13(21)6-5-12(17(11)22)20(29)26-9-3-4-15(26)19-25-14(10-30-19)18(28)24-8-7-16(27)23-2/h5-6,10,15H,3-4,7-9H2,1-2H3,(H,23,27)(H,24,28)/t15-/m1/s1. The third-order valence-electron chi connectivity index (χ3n) is 5.02. The highest BCUT2D eigenvalue weighted by molar-refractivity contribution is 7.09. The first-order valence-corrected chi connectivity index (χ1v) is 11.2. The van der Waals surface area contributed by atoms with Crippen molar-refractivity contribution in [2.75, 3.05) is 20.1 Å². The predicted molar refractivity (Wildman–Crippen MR) is 117 cm³/mol. The van der Waals surface area contributed by atoms with Crippen molar-refractivity contribution in [1.82, 2.24) is 20.5 Å². The Morgan fingerprint density at radius 3 is 2.80 bits per heavy atom. The van der Waals surface area contributed by atoms with Crippen molar-refractivity contribution in [2.24, 2.45) is 0 Å². The number of nitrogens with zero attached hydrogens (tertiary/aromatic N) is 2. The largest absolute Gasteiger partial charge is 0.359 e. The number of amides is 3. The molecule has 0 saturated carbocycles. The molecule has 160 valence electrons. The van der Waals surface area contributed by atoms with Gasteiger partial charge < -0.3 is 15.5 Å². The highest BCUT2D eigenvalue weighted by atomic mass is 35.5. The summed E-state index contributed by atoms with van der Waals surface area (Å²) in [7, 11) is 1.55. The zero-order valence-corrected chi connectivity index (χ0v) is 19.0. The molecule has 0 bridgehead atoms. The minimum atomic E-state index is -0.339. The van der Waals surface area contributed by atoms with Gasteiger partial charge in [-0.2, -0.15) is 0 Å². The molecule has 1 fully saturated rings. The lowest BCUT2D eigenvalue weighted by atomic mass is 10.1. The van der Waals surface area contributed by atoms with Gasteiger partial charge in [0.1, 0.15) is 10.7 Å². The Kier molecular flexibility index (Phi) is 7.33. The van der Waals surface area contributed by atoms with Gasteiger partial charge in [0.05, 0.1) is 16.6 Å². The van der Waals surface area contributed by atoms with Crippen LogP contribution in [0.15, 0.2) is 17.5 Å². The maximum absolute atomic E-state index is 13.1. The van der Waals surface area contributed by atoms with Gasteiger partial charge in [0.25, 0.3) is 11.8 Å². The molecule has 1 saturated heterocycles. The van der Waals surface area contributed by atoms with Crippen molar-refractivity contribution in [3.63, 3.8) is 0 Å². The fourth-order valence-electron chi connectivity index (χ4n) is 3.30. The normalized spacial score (nSPS) is 15.9. The Hall–Kier alpha value is -2.16. The molecule has 0 radical (unpaired) electrons. The minimum Gasteiger partial charge on any atom is -0.359 e. The first-order chi connectivity index (χ1) is 14.3. The molecule has 7 nitrogen and oxygen atoms in total. The molecule has 1 aromatic heterocycles. The van der Waals surface area contributed by atoms with Gasteiger partial charge in [-0.05, 0) is 37.5 Å². The molecule has 3 amide bonds. The number of rotatable bonds is 6. The van der Waals surface area contributed by atoms with E-state index in [9.17, 15) is 14.4 Å². The van der Waals surface area contributed by atoms with Crippen LogP contribution < -0.4 is 10.6 Å². The smallest absolute Gasteiger partial charge is 0.270 e. The zero-order chi connectivity index (χ0) is 21.8. The fraction of sp³-hybridized carbons (Fsp3) is 0.400. The van der Waals surface area contributed by atoms with Crippen LogP contribution in [0.5, 0.6) is 0 Å². The number of carbonyl (C=O) groups excluding carboxylic acids is 3. The maximum atomic E-state index is 13.1. The molecule has 2 N–H and O–H groups in total. The van der Waals surface area contributed by atoms with Crippen LogP contribution in [0.1, 0.15) is 56.7 Å². The summed E-state index contributed by atoms with van der Waals surface area (Å²) in [6.45, 7) is 2.60. The zero-order valence-electron chi connectivity index (χ0n) is 16.6. The number of likely N-dealkylation sites (tertiary alicyclic amines) is 1. The second-order valence-corrected chi connectivity index (χ2v) is 8.62. The van der Waals surface area contributed by atoms with E-state index in [0.29, 0.717) is 32.7 Å². The molecule has 10 heteroatoms. The first kappa shape index (κ1) is 22.5. The van der Waals surface area contributed by atoms with Gasteiger partial charge in [-0.25, -0.2) is 4.98 Å². The van der Waals surface area contributed by atoms with Crippen molar-refractivity contribution in [3.05, 3.63) is 49.4 Å². The quantitative estimate of drug-likeness (QED) is 0.677. The van der Waals surface area contributed by atoms with Crippen molar-refractivity contribution >= 4 is 52.3 Å². The second kappa shape index (κ2) is 9.76. The van der Waals surface area contributed by atoms with E-state index < -0.39 is 0 Å². The summed E-state index contributed by atoms with van der Waals surface area (Å²) in [5.74, 6) is -0.659. The molecule has 1 aliphatic heterocycles. The number of nitrogens with one attached hydrogen (secondary N) is 2. The summed E-state index contributed by atoms with van der Waals surface area (Å²) < 4.78 is 0. The summed E-state index contributed by atoms with van der Waals surface area (Å²) in [6, 6.07) is 3.11. The summed E-state index contributed by atoms with van der Waals surface area (Å²) in [6.07, 6.45) is 1.81. The van der Waals surface area contributed by atoms with E-state index in [1.54, 1.807) is 36.4 Å². The van der Waals surface area contributed by atoms with Crippen LogP contribution >= 0.6 is 34.5 Å². The lowest BCUT2D eigenvalue weighted by Gasteiger charge is -2.24. The summed E-state index contributed by atoms with van der Waals surface area (Å²) in [5, 5.41) is 8.43. The van der Waals surface area contributed by atoms with Gasteiger partial charge in [-0.1, -0.05) is 23.2 Å². The molecular weight excluding hydrogens is 447 g/mol. The van der Waals surface area contributed by atoms with E-state index in [1.807, 2.05) is 0 Å². The average Bonchev–Trinajstić information content (AvgIpc) is 3.40. The van der Waals surface area contributed by atoms with Crippen LogP contribution in [-0.4, -0.2) is 47.7 Å². The van der Waals surface area contributed by atoms with Gasteiger partial charge in [-0.3, -0.25) is 14.4 Å². The van der Waals surface area contributed by atoms with Crippen molar-refractivity contribution in [1.29, 1.82) is 0 Å². The van der Waals surface area contributed by atoms with E-state index in [0.717, 1.165) is 12.8 Å². The summed E-state index contributed by atoms with van der Waals surface area (Å²) >= 11 is 13.8. The molecule has 1 aliphatic rings. The molecule has 1 aromatic carbocycles. The number of carbonyl (C=O) groups is 3. The number of aromatic nitrogens is 1. The van der Waals surface area contributed by atoms with Crippen LogP contribution in [0, 0.1) is 6.92 Å². The molecule has 30 heavy (non-hydrogen) atoms. The number of benzene rings is 1. The van der Waals surface area contributed by atoms with E-state index in [1.165, 1.54) is 11.3 Å². The number of thiazole rings is 1. The predicted octanol–water partition coefficient (Wildman–Crippen LogP) is 3.60. The molecular formula is C20H22Cl2N4O3S. The number of halogens is 2. The SMILES string of the molecule is CNC(=O)CCNC(=O)c1csc([C@H]2CCCN2C(=O)c2ccc(Cl)c(C)c2Cl)n1. The number of hydrogen-bond acceptors (Lipinski definition) is 5. The Morgan fingerprint density at radius 1 is 1.30 bits per heavy atom. The molecule has 0 unspecified atom stereocenters. The average molecular weight is 469 g/mol. The summed E-state index contributed by atoms with van der Waals surface area (Å²) in [4.78, 5) is 42.9. The monoisotopic (exact) mass is 468 g/mol. The van der Waals surface area contributed by atoms with Crippen LogP contribution in [0.2, 0.25) is 10.0 Å². The molecule has 3 rings (SSSR count). The van der Waals surface area contributed by atoms with E-state index >= 15 is 0 Å². The number of hydrogen-bond donors (Lipinski definition) is 2. The topological polar surface area (TPSA) is 91.4 Å². The molecule has 2 heterocycles. The Labute approximate surface area is 188 Å². The Morgan fingerprint density at radius 2 is 2.07 bits per heavy atom.